The fraction of sp³-hybridized carbons (Fsp3) is 0.267. The smallest absolute Gasteiger partial charge is 0.158 e. The molecule has 22 heavy (non-hydrogen) atoms. The number of nitrogens with two attached hydrogens (primary N) is 1. The van der Waals surface area contributed by atoms with Gasteiger partial charge in [0.2, 0.25) is 0 Å². The topological polar surface area (TPSA) is 102 Å². The van der Waals surface area contributed by atoms with Crippen molar-refractivity contribution in [1.82, 2.24) is 20.2 Å². The Morgan fingerprint density at radius 2 is 2.18 bits per heavy atom. The standard InChI is InChI=1S/C15H18N6O/c1-22-13-7-10(5-6-12(13)20-16)3-2-4-14-17-8-11-9-18-21-15(11)19-14/h5-9,20H,2-4,16H2,1H3,(H,17,18,19,21). The summed E-state index contributed by atoms with van der Waals surface area (Å²) in [5.74, 6) is 7.00. The molecule has 0 saturated carbocycles. The first-order chi connectivity index (χ1) is 10.8. The number of fused-ring (bicyclic) bond motifs is 1. The number of nitrogens with one attached hydrogen (secondary N) is 2. The number of anilines is 1. The van der Waals surface area contributed by atoms with E-state index in [0.29, 0.717) is 0 Å². The number of aromatic nitrogens is 4. The Kier molecular flexibility index (Phi) is 4.15. The largest absolute Gasteiger partial charge is 0.495 e. The summed E-state index contributed by atoms with van der Waals surface area (Å²) in [7, 11) is 1.63. The van der Waals surface area contributed by atoms with Gasteiger partial charge >= 0.3 is 0 Å². The van der Waals surface area contributed by atoms with Gasteiger partial charge in [0, 0.05) is 12.6 Å². The summed E-state index contributed by atoms with van der Waals surface area (Å²) in [6.45, 7) is 0. The van der Waals surface area contributed by atoms with Crippen molar-refractivity contribution in [3.63, 3.8) is 0 Å². The van der Waals surface area contributed by atoms with Gasteiger partial charge in [-0.15, -0.1) is 0 Å². The molecule has 3 rings (SSSR count). The number of methoxy groups -OCH3 is 1. The van der Waals surface area contributed by atoms with E-state index in [0.717, 1.165) is 47.6 Å². The molecule has 2 aromatic heterocycles. The predicted molar refractivity (Wildman–Crippen MR) is 84.5 cm³/mol. The second-order valence-electron chi connectivity index (χ2n) is 4.99. The molecule has 0 amide bonds. The number of H-pyrrole nitrogens is 1. The van der Waals surface area contributed by atoms with Gasteiger partial charge in [-0.25, -0.2) is 9.97 Å². The minimum Gasteiger partial charge on any atom is -0.495 e. The summed E-state index contributed by atoms with van der Waals surface area (Å²) in [6, 6.07) is 5.95. The normalized spacial score (nSPS) is 10.8. The Morgan fingerprint density at radius 3 is 3.00 bits per heavy atom. The molecule has 0 unspecified atom stereocenters. The van der Waals surface area contributed by atoms with Crippen LogP contribution in [0.5, 0.6) is 5.75 Å². The van der Waals surface area contributed by atoms with E-state index in [-0.39, 0.29) is 0 Å². The number of rotatable bonds is 6. The number of nitrogen functional groups attached to an aromatic ring is 1. The monoisotopic (exact) mass is 298 g/mol. The Hall–Kier alpha value is -2.67. The molecule has 0 saturated heterocycles. The molecule has 0 aliphatic heterocycles. The molecule has 7 nitrogen and oxygen atoms in total. The number of hydrogen-bond donors (Lipinski definition) is 3. The van der Waals surface area contributed by atoms with Crippen LogP contribution in [-0.4, -0.2) is 27.3 Å². The van der Waals surface area contributed by atoms with Crippen LogP contribution in [0.3, 0.4) is 0 Å². The number of aryl methyl sites for hydroxylation is 2. The zero-order valence-corrected chi connectivity index (χ0v) is 12.3. The van der Waals surface area contributed by atoms with E-state index in [4.69, 9.17) is 10.6 Å². The summed E-state index contributed by atoms with van der Waals surface area (Å²) >= 11 is 0. The maximum atomic E-state index is 5.43. The van der Waals surface area contributed by atoms with Crippen molar-refractivity contribution in [2.45, 2.75) is 19.3 Å². The third kappa shape index (κ3) is 2.99. The highest BCUT2D eigenvalue weighted by Crippen LogP contribution is 2.25. The first-order valence-electron chi connectivity index (χ1n) is 7.08. The van der Waals surface area contributed by atoms with Gasteiger partial charge in [-0.05, 0) is 30.5 Å². The van der Waals surface area contributed by atoms with Crippen molar-refractivity contribution in [3.05, 3.63) is 42.0 Å². The fourth-order valence-electron chi connectivity index (χ4n) is 2.36. The quantitative estimate of drug-likeness (QED) is 0.474. The molecule has 114 valence electrons. The zero-order valence-electron chi connectivity index (χ0n) is 12.3. The van der Waals surface area contributed by atoms with Crippen molar-refractivity contribution in [2.24, 2.45) is 5.84 Å². The van der Waals surface area contributed by atoms with Crippen molar-refractivity contribution in [2.75, 3.05) is 12.5 Å². The molecular weight excluding hydrogens is 280 g/mol. The first-order valence-corrected chi connectivity index (χ1v) is 7.08. The molecule has 7 heteroatoms. The van der Waals surface area contributed by atoms with Gasteiger partial charge in [0.1, 0.15) is 11.6 Å². The van der Waals surface area contributed by atoms with Gasteiger partial charge in [-0.3, -0.25) is 10.9 Å². The average molecular weight is 298 g/mol. The van der Waals surface area contributed by atoms with E-state index in [1.165, 1.54) is 5.56 Å². The third-order valence-corrected chi connectivity index (χ3v) is 3.53. The summed E-state index contributed by atoms with van der Waals surface area (Å²) in [4.78, 5) is 8.80. The van der Waals surface area contributed by atoms with Crippen LogP contribution in [0.1, 0.15) is 17.8 Å². The molecule has 3 aromatic rings. The second-order valence-corrected chi connectivity index (χ2v) is 4.99. The summed E-state index contributed by atoms with van der Waals surface area (Å²) in [6.07, 6.45) is 6.21. The number of ether oxygens (including phenoxy) is 1. The highest BCUT2D eigenvalue weighted by molar-refractivity contribution is 5.72. The van der Waals surface area contributed by atoms with Gasteiger partial charge in [0.25, 0.3) is 0 Å². The molecule has 0 atom stereocenters. The third-order valence-electron chi connectivity index (χ3n) is 3.53. The van der Waals surface area contributed by atoms with Crippen LogP contribution in [0.2, 0.25) is 0 Å². The van der Waals surface area contributed by atoms with E-state index in [2.05, 4.69) is 25.6 Å². The van der Waals surface area contributed by atoms with Gasteiger partial charge in [0.15, 0.2) is 5.65 Å². The molecule has 1 aromatic carbocycles. The van der Waals surface area contributed by atoms with Crippen LogP contribution in [0.4, 0.5) is 5.69 Å². The van der Waals surface area contributed by atoms with Crippen molar-refractivity contribution in [1.29, 1.82) is 0 Å². The van der Waals surface area contributed by atoms with E-state index in [1.54, 1.807) is 19.5 Å². The Balaban J connectivity index is 1.62. The molecular formula is C15H18N6O. The number of aromatic amines is 1. The highest BCUT2D eigenvalue weighted by Gasteiger charge is 2.05. The minimum absolute atomic E-state index is 0.745. The SMILES string of the molecule is COc1cc(CCCc2ncc3cn[nH]c3n2)ccc1NN. The van der Waals surface area contributed by atoms with E-state index in [9.17, 15) is 0 Å². The molecule has 4 N–H and O–H groups in total. The zero-order chi connectivity index (χ0) is 15.4. The van der Waals surface area contributed by atoms with Crippen LogP contribution < -0.4 is 16.0 Å². The van der Waals surface area contributed by atoms with E-state index >= 15 is 0 Å². The Morgan fingerprint density at radius 1 is 1.27 bits per heavy atom. The summed E-state index contributed by atoms with van der Waals surface area (Å²) in [5.41, 5.74) is 5.37. The molecule has 2 heterocycles. The lowest BCUT2D eigenvalue weighted by Gasteiger charge is -2.09. The minimum atomic E-state index is 0.745. The van der Waals surface area contributed by atoms with Gasteiger partial charge in [0.05, 0.1) is 24.4 Å². The summed E-state index contributed by atoms with van der Waals surface area (Å²) in [5, 5.41) is 7.74. The van der Waals surface area contributed by atoms with E-state index in [1.807, 2.05) is 18.2 Å². The molecule has 0 aliphatic rings. The van der Waals surface area contributed by atoms with Crippen LogP contribution >= 0.6 is 0 Å². The van der Waals surface area contributed by atoms with Crippen molar-refractivity contribution < 1.29 is 4.74 Å². The lowest BCUT2D eigenvalue weighted by Crippen LogP contribution is -2.08. The van der Waals surface area contributed by atoms with Crippen molar-refractivity contribution in [3.8, 4) is 5.75 Å². The number of nitrogens with zero attached hydrogens (tertiary/aromatic N) is 3. The summed E-state index contributed by atoms with van der Waals surface area (Å²) < 4.78 is 5.30. The molecule has 0 aliphatic carbocycles. The maximum absolute atomic E-state index is 5.43. The molecule has 0 bridgehead atoms. The molecule has 0 spiro atoms. The van der Waals surface area contributed by atoms with Crippen LogP contribution in [0, 0.1) is 0 Å². The van der Waals surface area contributed by atoms with Gasteiger partial charge in [-0.1, -0.05) is 6.07 Å². The second kappa shape index (κ2) is 6.40. The average Bonchev–Trinajstić information content (AvgIpc) is 3.02. The van der Waals surface area contributed by atoms with E-state index < -0.39 is 0 Å². The van der Waals surface area contributed by atoms with Gasteiger partial charge in [-0.2, -0.15) is 5.10 Å². The lowest BCUT2D eigenvalue weighted by atomic mass is 10.1. The first kappa shape index (κ1) is 14.3. The van der Waals surface area contributed by atoms with Gasteiger partial charge < -0.3 is 10.2 Å². The van der Waals surface area contributed by atoms with Crippen LogP contribution in [0.25, 0.3) is 11.0 Å². The maximum Gasteiger partial charge on any atom is 0.158 e. The lowest BCUT2D eigenvalue weighted by molar-refractivity contribution is 0.416. The van der Waals surface area contributed by atoms with Crippen molar-refractivity contribution >= 4 is 16.7 Å². The Labute approximate surface area is 127 Å². The Bertz CT molecular complexity index is 770. The molecule has 0 fully saturated rings. The molecule has 0 radical (unpaired) electrons. The number of hydrogen-bond acceptors (Lipinski definition) is 6. The predicted octanol–water partition coefficient (Wildman–Crippen LogP) is 1.82. The van der Waals surface area contributed by atoms with Crippen LogP contribution in [-0.2, 0) is 12.8 Å². The van der Waals surface area contributed by atoms with Crippen LogP contribution in [0.15, 0.2) is 30.6 Å². The fourth-order valence-corrected chi connectivity index (χ4v) is 2.36. The number of benzene rings is 1. The number of hydrazine groups is 1. The highest BCUT2D eigenvalue weighted by atomic mass is 16.5.